The molecule has 0 saturated carbocycles. The van der Waals surface area contributed by atoms with Crippen LogP contribution in [0, 0.1) is 6.92 Å². The molecule has 5 heteroatoms. The largest absolute Gasteiger partial charge is 0.495 e. The summed E-state index contributed by atoms with van der Waals surface area (Å²) in [6, 6.07) is 27.8. The summed E-state index contributed by atoms with van der Waals surface area (Å²) in [5.74, 6) is 0.631. The Morgan fingerprint density at radius 3 is 2.50 bits per heavy atom. The highest BCUT2D eigenvalue weighted by molar-refractivity contribution is 5.91. The fraction of sp³-hybridized carbons (Fsp3) is 0.148. The van der Waals surface area contributed by atoms with Gasteiger partial charge in [-0.1, -0.05) is 60.2 Å². The molecule has 2 heterocycles. The van der Waals surface area contributed by atoms with Gasteiger partial charge in [0.25, 0.3) is 0 Å². The molecule has 0 aliphatic carbocycles. The number of fused-ring (bicyclic) bond motifs is 3. The third-order valence-electron chi connectivity index (χ3n) is 5.97. The van der Waals surface area contributed by atoms with Crippen molar-refractivity contribution in [2.24, 2.45) is 0 Å². The number of hydrogen-bond donors (Lipinski definition) is 1. The van der Waals surface area contributed by atoms with E-state index in [0.717, 1.165) is 22.5 Å². The molecule has 1 N–H and O–H groups in total. The third kappa shape index (κ3) is 3.52. The minimum Gasteiger partial charge on any atom is -0.495 e. The van der Waals surface area contributed by atoms with Crippen LogP contribution in [0.4, 0.5) is 10.5 Å². The second-order valence-corrected chi connectivity index (χ2v) is 8.00. The van der Waals surface area contributed by atoms with E-state index in [1.54, 1.807) is 7.11 Å². The van der Waals surface area contributed by atoms with Crippen LogP contribution in [-0.2, 0) is 6.54 Å². The number of hydrogen-bond acceptors (Lipinski definition) is 2. The lowest BCUT2D eigenvalue weighted by molar-refractivity contribution is 0.194. The zero-order chi connectivity index (χ0) is 22.1. The van der Waals surface area contributed by atoms with Crippen LogP contribution in [0.15, 0.2) is 91.1 Å². The molecule has 1 atom stereocenters. The Labute approximate surface area is 187 Å². The maximum atomic E-state index is 13.7. The van der Waals surface area contributed by atoms with E-state index in [2.05, 4.69) is 65.5 Å². The van der Waals surface area contributed by atoms with Crippen molar-refractivity contribution >= 4 is 11.7 Å². The molecular weight excluding hydrogens is 398 g/mol. The lowest BCUT2D eigenvalue weighted by Gasteiger charge is -2.31. The standard InChI is InChI=1S/C27H25N3O2/c1-19-13-15-20(16-14-19)26-24-11-7-17-29(24)23-10-5-3-8-21(23)18-30(26)27(31)28-22-9-4-6-12-25(22)32-2/h3-17,26H,18H2,1-2H3,(H,28,31)/t26-/m1/s1. The highest BCUT2D eigenvalue weighted by Crippen LogP contribution is 2.37. The Balaban J connectivity index is 1.63. The molecule has 2 amide bonds. The number of ether oxygens (including phenoxy) is 1. The number of amides is 2. The number of carbonyl (C=O) groups excluding carboxylic acids is 1. The van der Waals surface area contributed by atoms with Crippen molar-refractivity contribution in [2.75, 3.05) is 12.4 Å². The average molecular weight is 424 g/mol. The summed E-state index contributed by atoms with van der Waals surface area (Å²) in [6.45, 7) is 2.55. The van der Waals surface area contributed by atoms with Gasteiger partial charge in [0.2, 0.25) is 0 Å². The fourth-order valence-electron chi connectivity index (χ4n) is 4.37. The molecule has 0 radical (unpaired) electrons. The zero-order valence-electron chi connectivity index (χ0n) is 18.2. The molecule has 0 fully saturated rings. The number of aromatic nitrogens is 1. The lowest BCUT2D eigenvalue weighted by atomic mass is 10.0. The predicted octanol–water partition coefficient (Wildman–Crippen LogP) is 5.93. The predicted molar refractivity (Wildman–Crippen MR) is 126 cm³/mol. The number of benzene rings is 3. The Bertz CT molecular complexity index is 1260. The molecule has 0 spiro atoms. The molecule has 4 aromatic rings. The van der Waals surface area contributed by atoms with Crippen molar-refractivity contribution in [3.8, 4) is 11.4 Å². The minimum atomic E-state index is -0.243. The summed E-state index contributed by atoms with van der Waals surface area (Å²) >= 11 is 0. The first-order chi connectivity index (χ1) is 15.7. The molecule has 0 bridgehead atoms. The first-order valence-corrected chi connectivity index (χ1v) is 10.7. The van der Waals surface area contributed by atoms with Gasteiger partial charge in [0, 0.05) is 11.9 Å². The molecule has 0 unspecified atom stereocenters. The first kappa shape index (κ1) is 19.9. The SMILES string of the molecule is COc1ccccc1NC(=O)N1Cc2ccccc2-n2cccc2[C@H]1c1ccc(C)cc1. The monoisotopic (exact) mass is 423 g/mol. The van der Waals surface area contributed by atoms with Crippen LogP contribution in [0.25, 0.3) is 5.69 Å². The molecular formula is C27H25N3O2. The Morgan fingerprint density at radius 2 is 1.69 bits per heavy atom. The van der Waals surface area contributed by atoms with Crippen molar-refractivity contribution < 1.29 is 9.53 Å². The van der Waals surface area contributed by atoms with Crippen molar-refractivity contribution in [1.82, 2.24) is 9.47 Å². The van der Waals surface area contributed by atoms with Gasteiger partial charge in [0.05, 0.1) is 31.1 Å². The van der Waals surface area contributed by atoms with E-state index in [1.165, 1.54) is 5.56 Å². The number of rotatable bonds is 3. The van der Waals surface area contributed by atoms with Crippen LogP contribution in [0.5, 0.6) is 5.75 Å². The maximum absolute atomic E-state index is 13.7. The van der Waals surface area contributed by atoms with E-state index in [-0.39, 0.29) is 12.1 Å². The Hall–Kier alpha value is -3.99. The summed E-state index contributed by atoms with van der Waals surface area (Å²) in [7, 11) is 1.61. The average Bonchev–Trinajstić information content (AvgIpc) is 3.24. The van der Waals surface area contributed by atoms with E-state index in [4.69, 9.17) is 4.74 Å². The summed E-state index contributed by atoms with van der Waals surface area (Å²) < 4.78 is 7.64. The van der Waals surface area contributed by atoms with Gasteiger partial charge < -0.3 is 19.5 Å². The molecule has 160 valence electrons. The van der Waals surface area contributed by atoms with E-state index in [9.17, 15) is 4.79 Å². The second-order valence-electron chi connectivity index (χ2n) is 8.00. The number of methoxy groups -OCH3 is 1. The highest BCUT2D eigenvalue weighted by atomic mass is 16.5. The van der Waals surface area contributed by atoms with Gasteiger partial charge in [-0.15, -0.1) is 0 Å². The second kappa shape index (κ2) is 8.27. The number of aryl methyl sites for hydroxylation is 1. The minimum absolute atomic E-state index is 0.176. The maximum Gasteiger partial charge on any atom is 0.323 e. The van der Waals surface area contributed by atoms with E-state index in [0.29, 0.717) is 18.0 Å². The zero-order valence-corrected chi connectivity index (χ0v) is 18.2. The molecule has 1 aliphatic rings. The van der Waals surface area contributed by atoms with Crippen LogP contribution >= 0.6 is 0 Å². The van der Waals surface area contributed by atoms with Gasteiger partial charge in [-0.25, -0.2) is 4.79 Å². The van der Waals surface area contributed by atoms with Crippen LogP contribution in [0.3, 0.4) is 0 Å². The van der Waals surface area contributed by atoms with Gasteiger partial charge in [0.15, 0.2) is 0 Å². The number of nitrogens with zero attached hydrogens (tertiary/aromatic N) is 2. The van der Waals surface area contributed by atoms with Gasteiger partial charge in [-0.3, -0.25) is 0 Å². The molecule has 32 heavy (non-hydrogen) atoms. The summed E-state index contributed by atoms with van der Waals surface area (Å²) in [6.07, 6.45) is 2.07. The number of carbonyl (C=O) groups is 1. The van der Waals surface area contributed by atoms with E-state index < -0.39 is 0 Å². The van der Waals surface area contributed by atoms with Crippen LogP contribution in [0.2, 0.25) is 0 Å². The van der Waals surface area contributed by atoms with Crippen molar-refractivity contribution in [1.29, 1.82) is 0 Å². The number of anilines is 1. The van der Waals surface area contributed by atoms with E-state index in [1.807, 2.05) is 47.4 Å². The lowest BCUT2D eigenvalue weighted by Crippen LogP contribution is -2.38. The van der Waals surface area contributed by atoms with Crippen LogP contribution < -0.4 is 10.1 Å². The van der Waals surface area contributed by atoms with Crippen LogP contribution in [0.1, 0.15) is 28.4 Å². The topological polar surface area (TPSA) is 46.5 Å². The fourth-order valence-corrected chi connectivity index (χ4v) is 4.37. The molecule has 5 nitrogen and oxygen atoms in total. The molecule has 1 aromatic heterocycles. The molecule has 5 rings (SSSR count). The summed E-state index contributed by atoms with van der Waals surface area (Å²) in [4.78, 5) is 15.6. The summed E-state index contributed by atoms with van der Waals surface area (Å²) in [5.41, 5.74) is 6.14. The van der Waals surface area contributed by atoms with Crippen molar-refractivity contribution in [3.05, 3.63) is 114 Å². The Morgan fingerprint density at radius 1 is 0.938 bits per heavy atom. The number of para-hydroxylation sites is 3. The molecule has 0 saturated heterocycles. The van der Waals surface area contributed by atoms with Gasteiger partial charge in [-0.2, -0.15) is 0 Å². The smallest absolute Gasteiger partial charge is 0.323 e. The van der Waals surface area contributed by atoms with Crippen molar-refractivity contribution in [2.45, 2.75) is 19.5 Å². The van der Waals surface area contributed by atoms with Gasteiger partial charge in [0.1, 0.15) is 5.75 Å². The normalized spacial score (nSPS) is 14.8. The van der Waals surface area contributed by atoms with Gasteiger partial charge >= 0.3 is 6.03 Å². The van der Waals surface area contributed by atoms with Crippen molar-refractivity contribution in [3.63, 3.8) is 0 Å². The number of urea groups is 1. The quantitative estimate of drug-likeness (QED) is 0.444. The first-order valence-electron chi connectivity index (χ1n) is 10.7. The molecule has 1 aliphatic heterocycles. The molecule has 3 aromatic carbocycles. The Kier molecular flexibility index (Phi) is 5.15. The number of nitrogens with one attached hydrogen (secondary N) is 1. The van der Waals surface area contributed by atoms with Crippen LogP contribution in [-0.4, -0.2) is 22.6 Å². The van der Waals surface area contributed by atoms with Gasteiger partial charge in [-0.05, 0) is 48.4 Å². The summed E-state index contributed by atoms with van der Waals surface area (Å²) in [5, 5.41) is 3.08. The highest BCUT2D eigenvalue weighted by Gasteiger charge is 2.33. The van der Waals surface area contributed by atoms with E-state index >= 15 is 0 Å². The third-order valence-corrected chi connectivity index (χ3v) is 5.97.